The van der Waals surface area contributed by atoms with Gasteiger partial charge in [0.25, 0.3) is 5.65 Å². The molecule has 7 nitrogen and oxygen atoms in total. The Morgan fingerprint density at radius 1 is 1.03 bits per heavy atom. The van der Waals surface area contributed by atoms with Crippen molar-refractivity contribution in [1.82, 2.24) is 15.4 Å². The minimum Gasteiger partial charge on any atom is -0.370 e. The van der Waals surface area contributed by atoms with Gasteiger partial charge >= 0.3 is 0 Å². The number of H-pyrrole nitrogens is 1. The Bertz CT molecular complexity index is 1210. The molecule has 0 bridgehead atoms. The normalized spacial score (nSPS) is 18.0. The van der Waals surface area contributed by atoms with Gasteiger partial charge in [0.05, 0.1) is 36.9 Å². The van der Waals surface area contributed by atoms with Crippen LogP contribution in [0.5, 0.6) is 0 Å². The highest BCUT2D eigenvalue weighted by Crippen LogP contribution is 2.22. The third-order valence-electron chi connectivity index (χ3n) is 6.30. The van der Waals surface area contributed by atoms with E-state index in [1.165, 1.54) is 16.7 Å². The van der Waals surface area contributed by atoms with Crippen LogP contribution in [0, 0.1) is 0 Å². The summed E-state index contributed by atoms with van der Waals surface area (Å²) in [5.41, 5.74) is 4.54. The average molecular weight is 458 g/mol. The van der Waals surface area contributed by atoms with Crippen LogP contribution in [0.25, 0.3) is 5.65 Å². The third kappa shape index (κ3) is 5.05. The number of aromatic amines is 1. The molecule has 1 saturated heterocycles. The molecule has 7 heteroatoms. The van der Waals surface area contributed by atoms with Crippen molar-refractivity contribution in [2.24, 2.45) is 0 Å². The maximum absolute atomic E-state index is 6.26. The molecule has 0 radical (unpaired) electrons. The second kappa shape index (κ2) is 10.2. The van der Waals surface area contributed by atoms with Gasteiger partial charge < -0.3 is 15.4 Å². The summed E-state index contributed by atoms with van der Waals surface area (Å²) in [5, 5.41) is 14.1. The first-order valence-corrected chi connectivity index (χ1v) is 12.0. The van der Waals surface area contributed by atoms with Crippen LogP contribution in [-0.4, -0.2) is 35.3 Å². The standard InChI is InChI=1S/C27H32N6O/c1-19(2)22-15-30-33-26(29-14-20-9-5-3-6-10-20)13-25(32-27(22)33)31-23-16-28-17-24(23)34-18-21-11-7-4-8-12-21/h3-13,15,19,23-24,28H,14,16-18H2,1-2H3,(H2,29,30,31,32)/p+1/t23-,24+/m0/s1. The van der Waals surface area contributed by atoms with Gasteiger partial charge in [-0.1, -0.05) is 79.5 Å². The minimum atomic E-state index is 0.0712. The van der Waals surface area contributed by atoms with Crippen molar-refractivity contribution in [1.29, 1.82) is 0 Å². The van der Waals surface area contributed by atoms with E-state index in [9.17, 15) is 0 Å². The van der Waals surface area contributed by atoms with E-state index in [2.05, 4.69) is 77.4 Å². The second-order valence-electron chi connectivity index (χ2n) is 9.15. The molecule has 0 spiro atoms. The maximum atomic E-state index is 6.26. The molecule has 4 N–H and O–H groups in total. The lowest BCUT2D eigenvalue weighted by atomic mass is 10.1. The molecule has 0 amide bonds. The molecule has 5 rings (SSSR count). The monoisotopic (exact) mass is 457 g/mol. The van der Waals surface area contributed by atoms with Crippen LogP contribution >= 0.6 is 0 Å². The Kier molecular flexibility index (Phi) is 6.74. The predicted molar refractivity (Wildman–Crippen MR) is 135 cm³/mol. The summed E-state index contributed by atoms with van der Waals surface area (Å²) in [7, 11) is 0. The van der Waals surface area contributed by atoms with Gasteiger partial charge in [-0.3, -0.25) is 10.4 Å². The van der Waals surface area contributed by atoms with Gasteiger partial charge in [-0.15, -0.1) is 4.52 Å². The third-order valence-corrected chi connectivity index (χ3v) is 6.30. The Morgan fingerprint density at radius 2 is 1.76 bits per heavy atom. The number of hydrogen-bond acceptors (Lipinski definition) is 5. The van der Waals surface area contributed by atoms with Gasteiger partial charge in [-0.2, -0.15) is 0 Å². The van der Waals surface area contributed by atoms with Crippen LogP contribution in [0.15, 0.2) is 72.9 Å². The number of aromatic nitrogens is 3. The molecular weight excluding hydrogens is 424 g/mol. The molecule has 3 heterocycles. The van der Waals surface area contributed by atoms with Crippen LogP contribution in [-0.2, 0) is 17.9 Å². The fraction of sp³-hybridized carbons (Fsp3) is 0.333. The van der Waals surface area contributed by atoms with Crippen LogP contribution in [0.1, 0.15) is 36.5 Å². The number of nitrogens with zero attached hydrogens (tertiary/aromatic N) is 2. The van der Waals surface area contributed by atoms with E-state index >= 15 is 0 Å². The maximum Gasteiger partial charge on any atom is 0.292 e. The van der Waals surface area contributed by atoms with Crippen molar-refractivity contribution in [3.05, 3.63) is 89.6 Å². The quantitative estimate of drug-likeness (QED) is 0.287. The molecule has 176 valence electrons. The molecule has 0 aliphatic carbocycles. The van der Waals surface area contributed by atoms with Gasteiger partial charge in [0.1, 0.15) is 0 Å². The molecule has 2 aromatic heterocycles. The fourth-order valence-corrected chi connectivity index (χ4v) is 4.39. The van der Waals surface area contributed by atoms with Crippen molar-refractivity contribution in [2.45, 2.75) is 45.1 Å². The molecule has 1 aliphatic rings. The predicted octanol–water partition coefficient (Wildman–Crippen LogP) is 3.85. The Balaban J connectivity index is 1.36. The number of rotatable bonds is 9. The first kappa shape index (κ1) is 22.4. The average Bonchev–Trinajstić information content (AvgIpc) is 3.49. The van der Waals surface area contributed by atoms with Crippen molar-refractivity contribution < 1.29 is 9.25 Å². The SMILES string of the molecule is CC(C)c1c[nH][n+]2c(NCc3ccccc3)cc(N[C@H]3CNC[C@H]3OCc3ccccc3)nc12. The topological polar surface area (TPSA) is 78.1 Å². The molecular formula is C27H33N6O+. The van der Waals surface area contributed by atoms with E-state index in [1.807, 2.05) is 35.0 Å². The van der Waals surface area contributed by atoms with Gasteiger partial charge in [0.15, 0.2) is 0 Å². The number of ether oxygens (including phenoxy) is 1. The van der Waals surface area contributed by atoms with E-state index in [0.717, 1.165) is 36.9 Å². The molecule has 1 aliphatic heterocycles. The summed E-state index contributed by atoms with van der Waals surface area (Å²) in [6, 6.07) is 23.0. The van der Waals surface area contributed by atoms with E-state index < -0.39 is 0 Å². The Labute approximate surface area is 200 Å². The van der Waals surface area contributed by atoms with Crippen molar-refractivity contribution in [3.8, 4) is 0 Å². The number of fused-ring (bicyclic) bond motifs is 1. The minimum absolute atomic E-state index is 0.0712. The highest BCUT2D eigenvalue weighted by atomic mass is 16.5. The lowest BCUT2D eigenvalue weighted by molar-refractivity contribution is -0.564. The van der Waals surface area contributed by atoms with Crippen LogP contribution < -0.4 is 20.5 Å². The number of benzene rings is 2. The summed E-state index contributed by atoms with van der Waals surface area (Å²) in [6.07, 6.45) is 2.12. The molecule has 2 atom stereocenters. The highest BCUT2D eigenvalue weighted by molar-refractivity contribution is 5.54. The van der Waals surface area contributed by atoms with Gasteiger partial charge in [0.2, 0.25) is 11.6 Å². The Hall–Kier alpha value is -3.42. The first-order valence-electron chi connectivity index (χ1n) is 12.0. The first-order chi connectivity index (χ1) is 16.7. The summed E-state index contributed by atoms with van der Waals surface area (Å²) in [4.78, 5) is 4.99. The fourth-order valence-electron chi connectivity index (χ4n) is 4.39. The Morgan fingerprint density at radius 3 is 2.50 bits per heavy atom. The second-order valence-corrected chi connectivity index (χ2v) is 9.15. The molecule has 34 heavy (non-hydrogen) atoms. The van der Waals surface area contributed by atoms with Gasteiger partial charge in [-0.05, 0) is 17.0 Å². The zero-order valence-electron chi connectivity index (χ0n) is 19.8. The van der Waals surface area contributed by atoms with Crippen LogP contribution in [0.3, 0.4) is 0 Å². The number of anilines is 2. The van der Waals surface area contributed by atoms with Crippen LogP contribution in [0.2, 0.25) is 0 Å². The zero-order valence-corrected chi connectivity index (χ0v) is 19.8. The summed E-state index contributed by atoms with van der Waals surface area (Å²) >= 11 is 0. The molecule has 0 saturated carbocycles. The number of nitrogens with one attached hydrogen (secondary N) is 4. The largest absolute Gasteiger partial charge is 0.370 e. The van der Waals surface area contributed by atoms with E-state index in [-0.39, 0.29) is 12.1 Å². The highest BCUT2D eigenvalue weighted by Gasteiger charge is 2.30. The van der Waals surface area contributed by atoms with Crippen molar-refractivity contribution in [2.75, 3.05) is 23.7 Å². The van der Waals surface area contributed by atoms with E-state index in [0.29, 0.717) is 12.5 Å². The summed E-state index contributed by atoms with van der Waals surface area (Å²) < 4.78 is 8.29. The number of hydrogen-bond donors (Lipinski definition) is 4. The van der Waals surface area contributed by atoms with E-state index in [1.54, 1.807) is 0 Å². The van der Waals surface area contributed by atoms with Gasteiger partial charge in [0, 0.05) is 19.3 Å². The molecule has 2 aromatic carbocycles. The van der Waals surface area contributed by atoms with Crippen molar-refractivity contribution >= 4 is 17.3 Å². The molecule has 0 unspecified atom stereocenters. The zero-order chi connectivity index (χ0) is 23.3. The van der Waals surface area contributed by atoms with Crippen LogP contribution in [0.4, 0.5) is 11.6 Å². The molecule has 1 fully saturated rings. The van der Waals surface area contributed by atoms with Gasteiger partial charge in [-0.25, -0.2) is 0 Å². The smallest absolute Gasteiger partial charge is 0.292 e. The molecule has 4 aromatic rings. The van der Waals surface area contributed by atoms with E-state index in [4.69, 9.17) is 9.72 Å². The summed E-state index contributed by atoms with van der Waals surface area (Å²) in [5.74, 6) is 2.18. The summed E-state index contributed by atoms with van der Waals surface area (Å²) in [6.45, 7) is 7.38. The van der Waals surface area contributed by atoms with Crippen molar-refractivity contribution in [3.63, 3.8) is 0 Å². The lowest BCUT2D eigenvalue weighted by Gasteiger charge is -2.20. The lowest BCUT2D eigenvalue weighted by Crippen LogP contribution is -2.36.